The largest absolute Gasteiger partial charge is 0.309 e. The molecule has 55 heavy (non-hydrogen) atoms. The van der Waals surface area contributed by atoms with E-state index in [0.717, 1.165) is 82.8 Å². The van der Waals surface area contributed by atoms with Crippen LogP contribution in [-0.2, 0) is 0 Å². The number of fused-ring (bicyclic) bond motifs is 9. The molecule has 0 radical (unpaired) electrons. The van der Waals surface area contributed by atoms with Gasteiger partial charge in [-0.25, -0.2) is 0 Å². The zero-order valence-electron chi connectivity index (χ0n) is 29.5. The predicted molar refractivity (Wildman–Crippen MR) is 224 cm³/mol. The summed E-state index contributed by atoms with van der Waals surface area (Å²) >= 11 is 0. The lowest BCUT2D eigenvalue weighted by Gasteiger charge is -2.16. The summed E-state index contributed by atoms with van der Waals surface area (Å²) in [6.45, 7) is 0. The smallest absolute Gasteiger partial charge is 0.101 e. The molecule has 3 aromatic heterocycles. The molecule has 0 amide bonds. The second-order valence-electron chi connectivity index (χ2n) is 14.0. The summed E-state index contributed by atoms with van der Waals surface area (Å²) in [6, 6.07) is 65.9. The normalized spacial score (nSPS) is 11.6. The average molecular weight is 700 g/mol. The molecule has 0 aliphatic heterocycles. The van der Waals surface area contributed by atoms with Gasteiger partial charge < -0.3 is 13.7 Å². The highest BCUT2D eigenvalue weighted by atomic mass is 15.0. The van der Waals surface area contributed by atoms with Crippen molar-refractivity contribution in [2.45, 2.75) is 0 Å². The van der Waals surface area contributed by atoms with Crippen molar-refractivity contribution >= 4 is 65.4 Å². The number of hydrogen-bond acceptors (Lipinski definition) is 2. The molecule has 11 rings (SSSR count). The molecule has 0 aliphatic rings. The molecule has 0 unspecified atom stereocenters. The van der Waals surface area contributed by atoms with E-state index in [-0.39, 0.29) is 0 Å². The van der Waals surface area contributed by atoms with Crippen molar-refractivity contribution in [3.63, 3.8) is 0 Å². The molecule has 0 fully saturated rings. The molecule has 0 aliphatic carbocycles. The molecule has 0 saturated heterocycles. The molecule has 0 saturated carbocycles. The zero-order valence-corrected chi connectivity index (χ0v) is 29.5. The highest BCUT2D eigenvalue weighted by Gasteiger charge is 2.22. The van der Waals surface area contributed by atoms with Gasteiger partial charge in [0.1, 0.15) is 6.07 Å². The fraction of sp³-hybridized carbons (Fsp3) is 0. The molecule has 0 spiro atoms. The topological polar surface area (TPSA) is 62.4 Å². The second-order valence-corrected chi connectivity index (χ2v) is 14.0. The number of rotatable bonds is 4. The fourth-order valence-corrected chi connectivity index (χ4v) is 8.83. The monoisotopic (exact) mass is 699 g/mol. The van der Waals surface area contributed by atoms with E-state index in [1.807, 2.05) is 24.3 Å². The van der Waals surface area contributed by atoms with Gasteiger partial charge in [-0.2, -0.15) is 10.5 Å². The number of aromatic nitrogens is 3. The van der Waals surface area contributed by atoms with Crippen LogP contribution in [0.5, 0.6) is 0 Å². The highest BCUT2D eigenvalue weighted by molar-refractivity contribution is 6.17. The quantitative estimate of drug-likeness (QED) is 0.184. The Kier molecular flexibility index (Phi) is 6.61. The van der Waals surface area contributed by atoms with Crippen LogP contribution < -0.4 is 0 Å². The summed E-state index contributed by atoms with van der Waals surface area (Å²) in [4.78, 5) is 0. The van der Waals surface area contributed by atoms with E-state index in [1.165, 1.54) is 10.8 Å². The van der Waals surface area contributed by atoms with Gasteiger partial charge in [0.05, 0.1) is 67.4 Å². The van der Waals surface area contributed by atoms with E-state index in [1.54, 1.807) is 0 Å². The molecule has 0 bridgehead atoms. The Morgan fingerprint density at radius 3 is 1.53 bits per heavy atom. The Balaban J connectivity index is 1.14. The number of para-hydroxylation sites is 5. The zero-order chi connectivity index (χ0) is 36.6. The van der Waals surface area contributed by atoms with Gasteiger partial charge in [-0.3, -0.25) is 0 Å². The molecule has 8 aromatic carbocycles. The lowest BCUT2D eigenvalue weighted by atomic mass is 10.00. The molecule has 3 heterocycles. The lowest BCUT2D eigenvalue weighted by molar-refractivity contribution is 1.16. The Morgan fingerprint density at radius 1 is 0.345 bits per heavy atom. The first-order chi connectivity index (χ1) is 27.2. The van der Waals surface area contributed by atoms with Crippen molar-refractivity contribution in [3.8, 4) is 40.3 Å². The minimum Gasteiger partial charge on any atom is -0.309 e. The maximum atomic E-state index is 10.9. The van der Waals surface area contributed by atoms with Crippen molar-refractivity contribution in [2.75, 3.05) is 0 Å². The van der Waals surface area contributed by atoms with Gasteiger partial charge in [-0.1, -0.05) is 103 Å². The van der Waals surface area contributed by atoms with Crippen molar-refractivity contribution in [3.05, 3.63) is 187 Å². The minimum absolute atomic E-state index is 0.587. The summed E-state index contributed by atoms with van der Waals surface area (Å²) in [7, 11) is 0. The standard InChI is InChI=1S/C50H29N5/c51-30-32-24-26-47-40(28-32)38-15-4-9-20-45(38)55(47)49-23-11-22-48-50(49)39-16-5-10-21-46(39)53(48)41-27-25-33(29-34(41)31-52)35-12-1-6-17-42(35)54-43-18-7-2-13-36(43)37-14-3-8-19-44(37)54/h1-29H. The van der Waals surface area contributed by atoms with Crippen molar-refractivity contribution in [2.24, 2.45) is 0 Å². The maximum absolute atomic E-state index is 10.9. The van der Waals surface area contributed by atoms with Gasteiger partial charge in [0, 0.05) is 37.9 Å². The van der Waals surface area contributed by atoms with Crippen molar-refractivity contribution in [1.82, 2.24) is 13.7 Å². The van der Waals surface area contributed by atoms with E-state index < -0.39 is 0 Å². The third-order valence-electron chi connectivity index (χ3n) is 11.1. The fourth-order valence-electron chi connectivity index (χ4n) is 8.83. The molecular formula is C50H29N5. The third kappa shape index (κ3) is 4.39. The van der Waals surface area contributed by atoms with Crippen LogP contribution in [0.1, 0.15) is 11.1 Å². The summed E-state index contributed by atoms with van der Waals surface area (Å²) in [5, 5.41) is 27.3. The van der Waals surface area contributed by atoms with Crippen LogP contribution in [0.25, 0.3) is 93.6 Å². The predicted octanol–water partition coefficient (Wildman–Crippen LogP) is 12.4. The molecular weight excluding hydrogens is 671 g/mol. The third-order valence-corrected chi connectivity index (χ3v) is 11.1. The minimum atomic E-state index is 0.587. The first-order valence-corrected chi connectivity index (χ1v) is 18.3. The average Bonchev–Trinajstić information content (AvgIpc) is 3.89. The van der Waals surface area contributed by atoms with E-state index in [0.29, 0.717) is 11.1 Å². The van der Waals surface area contributed by atoms with Crippen LogP contribution in [0.15, 0.2) is 176 Å². The van der Waals surface area contributed by atoms with E-state index >= 15 is 0 Å². The summed E-state index contributed by atoms with van der Waals surface area (Å²) in [5.74, 6) is 0. The lowest BCUT2D eigenvalue weighted by Crippen LogP contribution is -2.00. The van der Waals surface area contributed by atoms with Crippen molar-refractivity contribution in [1.29, 1.82) is 10.5 Å². The number of benzene rings is 8. The molecule has 0 N–H and O–H groups in total. The van der Waals surface area contributed by atoms with Gasteiger partial charge in [0.15, 0.2) is 0 Å². The van der Waals surface area contributed by atoms with E-state index in [2.05, 4.69) is 177 Å². The first kappa shape index (κ1) is 30.7. The Morgan fingerprint density at radius 2 is 0.855 bits per heavy atom. The Hall–Kier alpha value is -7.86. The van der Waals surface area contributed by atoms with Gasteiger partial charge in [-0.15, -0.1) is 0 Å². The SMILES string of the molecule is N#Cc1ccc2c(c1)c1ccccc1n2-c1cccc2c1c1ccccc1n2-c1ccc(-c2ccccc2-n2c3ccccc3c3ccccc32)cc1C#N. The number of nitrogens with zero attached hydrogens (tertiary/aromatic N) is 5. The number of hydrogen-bond donors (Lipinski definition) is 0. The summed E-state index contributed by atoms with van der Waals surface area (Å²) in [5.41, 5.74) is 12.6. The van der Waals surface area contributed by atoms with Crippen LogP contribution in [0.3, 0.4) is 0 Å². The molecule has 254 valence electrons. The van der Waals surface area contributed by atoms with Crippen LogP contribution in [-0.4, -0.2) is 13.7 Å². The summed E-state index contributed by atoms with van der Waals surface area (Å²) < 4.78 is 6.88. The van der Waals surface area contributed by atoms with Crippen molar-refractivity contribution < 1.29 is 0 Å². The van der Waals surface area contributed by atoms with Crippen LogP contribution in [0, 0.1) is 22.7 Å². The maximum Gasteiger partial charge on any atom is 0.101 e. The summed E-state index contributed by atoms with van der Waals surface area (Å²) in [6.07, 6.45) is 0. The molecule has 0 atom stereocenters. The Bertz CT molecular complexity index is 3420. The van der Waals surface area contributed by atoms with E-state index in [4.69, 9.17) is 0 Å². The van der Waals surface area contributed by atoms with Gasteiger partial charge in [-0.05, 0) is 78.4 Å². The number of nitriles is 2. The second kappa shape index (κ2) is 11.8. The van der Waals surface area contributed by atoms with Crippen LogP contribution in [0.4, 0.5) is 0 Å². The molecule has 5 nitrogen and oxygen atoms in total. The molecule has 5 heteroatoms. The van der Waals surface area contributed by atoms with E-state index in [9.17, 15) is 10.5 Å². The molecule has 11 aromatic rings. The first-order valence-electron chi connectivity index (χ1n) is 18.3. The highest BCUT2D eigenvalue weighted by Crippen LogP contribution is 2.42. The van der Waals surface area contributed by atoms with Crippen LogP contribution >= 0.6 is 0 Å². The van der Waals surface area contributed by atoms with Gasteiger partial charge in [0.2, 0.25) is 0 Å². The Labute approximate surface area is 316 Å². The van der Waals surface area contributed by atoms with Gasteiger partial charge >= 0.3 is 0 Å². The van der Waals surface area contributed by atoms with Crippen LogP contribution in [0.2, 0.25) is 0 Å². The van der Waals surface area contributed by atoms with Gasteiger partial charge in [0.25, 0.3) is 0 Å².